The highest BCUT2D eigenvalue weighted by Crippen LogP contribution is 2.27. The van der Waals surface area contributed by atoms with Crippen molar-refractivity contribution >= 4 is 36.6 Å². The number of hydrogen-bond donors (Lipinski definition) is 1. The molecule has 0 spiro atoms. The highest BCUT2D eigenvalue weighted by molar-refractivity contribution is 7.93. The molecule has 0 atom stereocenters. The summed E-state index contributed by atoms with van der Waals surface area (Å²) in [5.74, 6) is 0.114. The van der Waals surface area contributed by atoms with Gasteiger partial charge in [-0.2, -0.15) is 4.31 Å². The van der Waals surface area contributed by atoms with Crippen molar-refractivity contribution in [1.82, 2.24) is 9.29 Å². The van der Waals surface area contributed by atoms with Gasteiger partial charge in [0.1, 0.15) is 4.90 Å². The van der Waals surface area contributed by atoms with Gasteiger partial charge in [0, 0.05) is 30.4 Å². The zero-order valence-corrected chi connectivity index (χ0v) is 18.2. The third-order valence-corrected chi connectivity index (χ3v) is 8.61. The van der Waals surface area contributed by atoms with Crippen LogP contribution in [-0.4, -0.2) is 38.4 Å². The highest BCUT2D eigenvalue weighted by atomic mass is 32.2. The lowest BCUT2D eigenvalue weighted by atomic mass is 10.0. The summed E-state index contributed by atoms with van der Waals surface area (Å²) in [6, 6.07) is 13.9. The topological polar surface area (TPSA) is 96.4 Å². The maximum absolute atomic E-state index is 13.0. The van der Waals surface area contributed by atoms with Crippen LogP contribution in [0.2, 0.25) is 0 Å². The molecule has 0 saturated heterocycles. The second kappa shape index (κ2) is 7.98. The molecule has 1 aromatic heterocycles. The predicted molar refractivity (Wildman–Crippen MR) is 117 cm³/mol. The SMILES string of the molecule is CCCS(=O)(=O)N1CCc2ccc(NS(=O)(=O)c3cccc4cccnc34)cc2C1. The second-order valence-electron chi connectivity index (χ2n) is 7.32. The summed E-state index contributed by atoms with van der Waals surface area (Å²) in [5.41, 5.74) is 2.66. The Morgan fingerprint density at radius 2 is 1.83 bits per heavy atom. The number of anilines is 1. The van der Waals surface area contributed by atoms with Crippen LogP contribution in [0.5, 0.6) is 0 Å². The van der Waals surface area contributed by atoms with Gasteiger partial charge in [-0.05, 0) is 48.2 Å². The van der Waals surface area contributed by atoms with Crippen LogP contribution < -0.4 is 4.72 Å². The second-order valence-corrected chi connectivity index (χ2v) is 11.1. The first-order chi connectivity index (χ1) is 14.3. The van der Waals surface area contributed by atoms with Gasteiger partial charge in [-0.15, -0.1) is 0 Å². The van der Waals surface area contributed by atoms with Crippen LogP contribution in [0.15, 0.2) is 59.6 Å². The van der Waals surface area contributed by atoms with E-state index in [4.69, 9.17) is 0 Å². The molecule has 9 heteroatoms. The molecule has 0 amide bonds. The fourth-order valence-electron chi connectivity index (χ4n) is 3.72. The van der Waals surface area contributed by atoms with Crippen molar-refractivity contribution in [2.75, 3.05) is 17.0 Å². The average Bonchev–Trinajstić information content (AvgIpc) is 2.72. The number of fused-ring (bicyclic) bond motifs is 2. The summed E-state index contributed by atoms with van der Waals surface area (Å²) < 4.78 is 55.0. The first-order valence-corrected chi connectivity index (χ1v) is 12.9. The van der Waals surface area contributed by atoms with E-state index in [9.17, 15) is 16.8 Å². The molecule has 0 fully saturated rings. The Labute approximate surface area is 176 Å². The molecule has 1 aliphatic heterocycles. The number of para-hydroxylation sites is 1. The minimum atomic E-state index is -3.86. The molecule has 3 aromatic rings. The predicted octanol–water partition coefficient (Wildman–Crippen LogP) is 3.13. The van der Waals surface area contributed by atoms with Gasteiger partial charge >= 0.3 is 0 Å². The van der Waals surface area contributed by atoms with E-state index in [1.165, 1.54) is 10.4 Å². The molecule has 1 N–H and O–H groups in total. The van der Waals surface area contributed by atoms with Gasteiger partial charge in [-0.25, -0.2) is 16.8 Å². The van der Waals surface area contributed by atoms with Crippen LogP contribution in [0, 0.1) is 0 Å². The minimum Gasteiger partial charge on any atom is -0.280 e. The first kappa shape index (κ1) is 20.8. The maximum Gasteiger partial charge on any atom is 0.264 e. The van der Waals surface area contributed by atoms with Crippen LogP contribution in [0.1, 0.15) is 24.5 Å². The minimum absolute atomic E-state index is 0.102. The summed E-state index contributed by atoms with van der Waals surface area (Å²) in [5, 5.41) is 0.739. The van der Waals surface area contributed by atoms with Crippen LogP contribution in [-0.2, 0) is 33.0 Å². The third kappa shape index (κ3) is 4.05. The van der Waals surface area contributed by atoms with Crippen LogP contribution in [0.25, 0.3) is 10.9 Å². The molecule has 0 unspecified atom stereocenters. The summed E-state index contributed by atoms with van der Waals surface area (Å²) in [7, 11) is -7.17. The lowest BCUT2D eigenvalue weighted by Crippen LogP contribution is -2.37. The van der Waals surface area contributed by atoms with Gasteiger partial charge in [0.15, 0.2) is 0 Å². The van der Waals surface area contributed by atoms with Crippen molar-refractivity contribution in [2.24, 2.45) is 0 Å². The van der Waals surface area contributed by atoms with E-state index >= 15 is 0 Å². The zero-order chi connectivity index (χ0) is 21.4. The Balaban J connectivity index is 1.63. The van der Waals surface area contributed by atoms with E-state index in [0.29, 0.717) is 30.6 Å². The monoisotopic (exact) mass is 445 g/mol. The van der Waals surface area contributed by atoms with E-state index in [1.54, 1.807) is 30.5 Å². The maximum atomic E-state index is 13.0. The van der Waals surface area contributed by atoms with Gasteiger partial charge in [-0.1, -0.05) is 31.2 Å². The molecule has 1 aliphatic rings. The third-order valence-electron chi connectivity index (χ3n) is 5.18. The fourth-order valence-corrected chi connectivity index (χ4v) is 6.43. The lowest BCUT2D eigenvalue weighted by molar-refractivity contribution is 0.391. The number of rotatable bonds is 6. The molecule has 7 nitrogen and oxygen atoms in total. The van der Waals surface area contributed by atoms with Crippen molar-refractivity contribution in [3.63, 3.8) is 0 Å². The number of benzene rings is 2. The molecular weight excluding hydrogens is 422 g/mol. The molecule has 0 saturated carbocycles. The molecule has 2 aromatic carbocycles. The van der Waals surface area contributed by atoms with Crippen LogP contribution >= 0.6 is 0 Å². The molecule has 158 valence electrons. The number of pyridine rings is 1. The number of hydrogen-bond acceptors (Lipinski definition) is 5. The number of nitrogens with zero attached hydrogens (tertiary/aromatic N) is 2. The molecule has 0 bridgehead atoms. The number of sulfonamides is 2. The van der Waals surface area contributed by atoms with Gasteiger partial charge in [0.05, 0.1) is 11.3 Å². The number of nitrogens with one attached hydrogen (secondary N) is 1. The van der Waals surface area contributed by atoms with E-state index in [2.05, 4.69) is 9.71 Å². The highest BCUT2D eigenvalue weighted by Gasteiger charge is 2.26. The normalized spacial score (nSPS) is 15.1. The quantitative estimate of drug-likeness (QED) is 0.629. The van der Waals surface area contributed by atoms with E-state index in [1.807, 2.05) is 25.1 Å². The lowest BCUT2D eigenvalue weighted by Gasteiger charge is -2.28. The smallest absolute Gasteiger partial charge is 0.264 e. The van der Waals surface area contributed by atoms with Gasteiger partial charge in [-0.3, -0.25) is 9.71 Å². The Kier molecular flexibility index (Phi) is 5.52. The molecule has 30 heavy (non-hydrogen) atoms. The van der Waals surface area contributed by atoms with Crippen LogP contribution in [0.4, 0.5) is 5.69 Å². The van der Waals surface area contributed by atoms with Crippen molar-refractivity contribution in [3.8, 4) is 0 Å². The average molecular weight is 446 g/mol. The van der Waals surface area contributed by atoms with E-state index in [-0.39, 0.29) is 17.2 Å². The molecular formula is C21H23N3O4S2. The summed E-state index contributed by atoms with van der Waals surface area (Å²) in [6.45, 7) is 2.54. The van der Waals surface area contributed by atoms with E-state index < -0.39 is 20.0 Å². The zero-order valence-electron chi connectivity index (χ0n) is 16.6. The molecule has 4 rings (SSSR count). The Bertz CT molecular complexity index is 1300. The van der Waals surface area contributed by atoms with Crippen molar-refractivity contribution in [1.29, 1.82) is 0 Å². The molecule has 2 heterocycles. The first-order valence-electron chi connectivity index (χ1n) is 9.76. The largest absolute Gasteiger partial charge is 0.280 e. The van der Waals surface area contributed by atoms with Crippen LogP contribution in [0.3, 0.4) is 0 Å². The van der Waals surface area contributed by atoms with Crippen molar-refractivity contribution in [3.05, 3.63) is 65.9 Å². The van der Waals surface area contributed by atoms with E-state index in [0.717, 1.165) is 16.5 Å². The fraction of sp³-hybridized carbons (Fsp3) is 0.286. The van der Waals surface area contributed by atoms with Gasteiger partial charge < -0.3 is 0 Å². The molecule has 0 aliphatic carbocycles. The molecule has 0 radical (unpaired) electrons. The van der Waals surface area contributed by atoms with Crippen molar-refractivity contribution < 1.29 is 16.8 Å². The summed E-state index contributed by atoms with van der Waals surface area (Å²) >= 11 is 0. The number of aromatic nitrogens is 1. The Hall–Kier alpha value is -2.49. The van der Waals surface area contributed by atoms with Gasteiger partial charge in [0.2, 0.25) is 10.0 Å². The standard InChI is InChI=1S/C21H23N3O4S2/c1-2-13-29(25,26)24-12-10-16-8-9-19(14-18(16)15-24)23-30(27,28)20-7-3-5-17-6-4-11-22-21(17)20/h3-9,11,14,23H,2,10,12-13,15H2,1H3. The Morgan fingerprint density at radius 1 is 1.03 bits per heavy atom. The van der Waals surface area contributed by atoms with Crippen molar-refractivity contribution in [2.45, 2.75) is 31.2 Å². The summed E-state index contributed by atoms with van der Waals surface area (Å²) in [4.78, 5) is 4.32. The summed E-state index contributed by atoms with van der Waals surface area (Å²) in [6.07, 6.45) is 2.73. The van der Waals surface area contributed by atoms with Gasteiger partial charge in [0.25, 0.3) is 10.0 Å². The Morgan fingerprint density at radius 3 is 2.63 bits per heavy atom.